The van der Waals surface area contributed by atoms with E-state index in [2.05, 4.69) is 20.3 Å². The third-order valence-corrected chi connectivity index (χ3v) is 4.94. The van der Waals surface area contributed by atoms with Crippen LogP contribution in [0.15, 0.2) is 30.9 Å². The summed E-state index contributed by atoms with van der Waals surface area (Å²) in [5.41, 5.74) is 2.79. The van der Waals surface area contributed by atoms with Gasteiger partial charge in [-0.05, 0) is 26.3 Å². The van der Waals surface area contributed by atoms with Gasteiger partial charge in [0, 0.05) is 37.2 Å². The molecule has 0 aliphatic heterocycles. The van der Waals surface area contributed by atoms with Crippen molar-refractivity contribution in [1.82, 2.24) is 29.6 Å². The molecule has 0 aromatic carbocycles. The van der Waals surface area contributed by atoms with Crippen LogP contribution in [0.2, 0.25) is 0 Å². The fourth-order valence-electron chi connectivity index (χ4n) is 3.31. The van der Waals surface area contributed by atoms with Crippen LogP contribution in [0.1, 0.15) is 38.9 Å². The number of hydrogen-bond donors (Lipinski definition) is 1. The molecule has 0 aliphatic carbocycles. The predicted molar refractivity (Wildman–Crippen MR) is 114 cm³/mol. The molecular formula is C21H28N6O3. The second kappa shape index (κ2) is 9.43. The number of nitrogens with zero attached hydrogens (tertiary/aromatic N) is 5. The van der Waals surface area contributed by atoms with Gasteiger partial charge in [0.2, 0.25) is 0 Å². The molecule has 0 spiro atoms. The molecule has 3 aromatic rings. The zero-order valence-electron chi connectivity index (χ0n) is 18.0. The van der Waals surface area contributed by atoms with Gasteiger partial charge in [0.1, 0.15) is 5.75 Å². The van der Waals surface area contributed by atoms with Crippen molar-refractivity contribution >= 4 is 11.7 Å². The van der Waals surface area contributed by atoms with E-state index in [9.17, 15) is 4.79 Å². The number of imidazole rings is 1. The Hall–Kier alpha value is -3.36. The van der Waals surface area contributed by atoms with Gasteiger partial charge in [0.15, 0.2) is 5.65 Å². The number of pyridine rings is 1. The molecule has 1 N–H and O–H groups in total. The molecule has 0 fully saturated rings. The monoisotopic (exact) mass is 412 g/mol. The summed E-state index contributed by atoms with van der Waals surface area (Å²) in [6, 6.07) is 1.57. The number of amides is 2. The van der Waals surface area contributed by atoms with Crippen molar-refractivity contribution in [2.75, 3.05) is 27.3 Å². The Labute approximate surface area is 176 Å². The average molecular weight is 412 g/mol. The van der Waals surface area contributed by atoms with E-state index in [4.69, 9.17) is 9.47 Å². The van der Waals surface area contributed by atoms with Gasteiger partial charge in [0.05, 0.1) is 37.8 Å². The zero-order chi connectivity index (χ0) is 21.7. The first-order valence-corrected chi connectivity index (χ1v) is 10.00. The van der Waals surface area contributed by atoms with E-state index < -0.39 is 0 Å². The van der Waals surface area contributed by atoms with Crippen LogP contribution in [0.3, 0.4) is 0 Å². The Balaban J connectivity index is 2.02. The van der Waals surface area contributed by atoms with Crippen molar-refractivity contribution < 1.29 is 14.3 Å². The van der Waals surface area contributed by atoms with Gasteiger partial charge in [-0.1, -0.05) is 6.92 Å². The highest BCUT2D eigenvalue weighted by Crippen LogP contribution is 2.33. The molecule has 9 nitrogen and oxygen atoms in total. The minimum absolute atomic E-state index is 0.106. The smallest absolute Gasteiger partial charge is 0.317 e. The number of aromatic nitrogens is 4. The summed E-state index contributed by atoms with van der Waals surface area (Å²) in [5, 5.41) is 2.93. The third kappa shape index (κ3) is 4.14. The third-order valence-electron chi connectivity index (χ3n) is 4.94. The van der Waals surface area contributed by atoms with Gasteiger partial charge in [-0.3, -0.25) is 4.98 Å². The lowest BCUT2D eigenvalue weighted by molar-refractivity contribution is 0.182. The van der Waals surface area contributed by atoms with Crippen molar-refractivity contribution in [1.29, 1.82) is 0 Å². The molecule has 2 amide bonds. The highest BCUT2D eigenvalue weighted by Gasteiger charge is 2.23. The maximum Gasteiger partial charge on any atom is 0.317 e. The van der Waals surface area contributed by atoms with Crippen LogP contribution in [0.4, 0.5) is 4.79 Å². The average Bonchev–Trinajstić information content (AvgIpc) is 3.25. The fraction of sp³-hybridized carbons (Fsp3) is 0.429. The zero-order valence-corrected chi connectivity index (χ0v) is 18.0. The summed E-state index contributed by atoms with van der Waals surface area (Å²) in [6.07, 6.45) is 7.92. The molecule has 3 rings (SSSR count). The highest BCUT2D eigenvalue weighted by molar-refractivity contribution is 5.75. The predicted octanol–water partition coefficient (Wildman–Crippen LogP) is 3.31. The van der Waals surface area contributed by atoms with Crippen molar-refractivity contribution in [2.45, 2.75) is 33.2 Å². The normalized spacial score (nSPS) is 11.9. The first kappa shape index (κ1) is 21.4. The molecule has 0 aliphatic rings. The van der Waals surface area contributed by atoms with Crippen LogP contribution in [0.5, 0.6) is 11.6 Å². The summed E-state index contributed by atoms with van der Waals surface area (Å²) in [6.45, 7) is 7.13. The van der Waals surface area contributed by atoms with Gasteiger partial charge in [-0.25, -0.2) is 14.8 Å². The first-order chi connectivity index (χ1) is 14.5. The molecule has 160 valence electrons. The second-order valence-corrected chi connectivity index (χ2v) is 6.80. The van der Waals surface area contributed by atoms with Crippen LogP contribution in [0, 0.1) is 0 Å². The number of ether oxygens (including phenoxy) is 2. The molecule has 0 unspecified atom stereocenters. The Morgan fingerprint density at radius 2 is 2.07 bits per heavy atom. The SMILES string of the molecule is CCCNC(=O)N(CC)[C@H](C)c1cc(-c2cn3ccnc3c(OC)n2)c(OC)cn1. The number of carbonyl (C=O) groups excluding carboxylic acids is 1. The van der Waals surface area contributed by atoms with Gasteiger partial charge in [-0.2, -0.15) is 0 Å². The van der Waals surface area contributed by atoms with E-state index >= 15 is 0 Å². The number of carbonyl (C=O) groups is 1. The number of methoxy groups -OCH3 is 2. The van der Waals surface area contributed by atoms with E-state index in [1.165, 1.54) is 0 Å². The first-order valence-electron chi connectivity index (χ1n) is 10.00. The lowest BCUT2D eigenvalue weighted by Gasteiger charge is -2.28. The summed E-state index contributed by atoms with van der Waals surface area (Å²) in [5.74, 6) is 0.999. The number of hydrogen-bond acceptors (Lipinski definition) is 6. The standard InChI is InChI=1S/C21H28N6O3/c1-6-8-23-21(28)27(7-2)14(3)16-11-15(18(29-4)12-24-16)17-13-26-10-9-22-19(26)20(25-17)30-5/h9-14H,6-8H2,1-5H3,(H,23,28)/t14-/m1/s1. The maximum absolute atomic E-state index is 12.5. The fourth-order valence-corrected chi connectivity index (χ4v) is 3.31. The maximum atomic E-state index is 12.5. The Morgan fingerprint density at radius 1 is 1.27 bits per heavy atom. The van der Waals surface area contributed by atoms with Crippen LogP contribution >= 0.6 is 0 Å². The summed E-state index contributed by atoms with van der Waals surface area (Å²) in [4.78, 5) is 27.7. The van der Waals surface area contributed by atoms with Crippen molar-refractivity contribution in [3.63, 3.8) is 0 Å². The van der Waals surface area contributed by atoms with Gasteiger partial charge in [-0.15, -0.1) is 0 Å². The number of fused-ring (bicyclic) bond motifs is 1. The van der Waals surface area contributed by atoms with Gasteiger partial charge >= 0.3 is 6.03 Å². The minimum Gasteiger partial charge on any atom is -0.494 e. The molecular weight excluding hydrogens is 384 g/mol. The van der Waals surface area contributed by atoms with E-state index in [0.717, 1.165) is 17.7 Å². The molecule has 0 bridgehead atoms. The van der Waals surface area contributed by atoms with E-state index in [0.29, 0.717) is 36.1 Å². The molecule has 1 atom stereocenters. The van der Waals surface area contributed by atoms with E-state index in [1.54, 1.807) is 31.5 Å². The molecule has 9 heteroatoms. The van der Waals surface area contributed by atoms with Crippen molar-refractivity contribution in [3.8, 4) is 22.9 Å². The highest BCUT2D eigenvalue weighted by atomic mass is 16.5. The largest absolute Gasteiger partial charge is 0.494 e. The Bertz CT molecular complexity index is 1020. The van der Waals surface area contributed by atoms with E-state index in [1.807, 2.05) is 43.6 Å². The molecule has 0 saturated carbocycles. The Morgan fingerprint density at radius 3 is 2.73 bits per heavy atom. The minimum atomic E-state index is -0.226. The lowest BCUT2D eigenvalue weighted by atomic mass is 10.1. The van der Waals surface area contributed by atoms with Gasteiger partial charge < -0.3 is 24.1 Å². The number of nitrogens with one attached hydrogen (secondary N) is 1. The van der Waals surface area contributed by atoms with Crippen molar-refractivity contribution in [2.24, 2.45) is 0 Å². The number of rotatable bonds is 8. The topological polar surface area (TPSA) is 93.9 Å². The van der Waals surface area contributed by atoms with Gasteiger partial charge in [0.25, 0.3) is 5.88 Å². The second-order valence-electron chi connectivity index (χ2n) is 6.80. The van der Waals surface area contributed by atoms with Crippen LogP contribution in [0.25, 0.3) is 16.9 Å². The van der Waals surface area contributed by atoms with Crippen LogP contribution in [-0.2, 0) is 0 Å². The van der Waals surface area contributed by atoms with E-state index in [-0.39, 0.29) is 12.1 Å². The Kier molecular flexibility index (Phi) is 6.71. The molecule has 3 heterocycles. The quantitative estimate of drug-likeness (QED) is 0.610. The lowest BCUT2D eigenvalue weighted by Crippen LogP contribution is -2.41. The molecule has 0 saturated heterocycles. The molecule has 30 heavy (non-hydrogen) atoms. The summed E-state index contributed by atoms with van der Waals surface area (Å²) < 4.78 is 12.8. The molecule has 3 aromatic heterocycles. The number of urea groups is 1. The van der Waals surface area contributed by atoms with Crippen LogP contribution < -0.4 is 14.8 Å². The van der Waals surface area contributed by atoms with Crippen LogP contribution in [-0.4, -0.2) is 57.6 Å². The summed E-state index contributed by atoms with van der Waals surface area (Å²) >= 11 is 0. The molecule has 0 radical (unpaired) electrons. The summed E-state index contributed by atoms with van der Waals surface area (Å²) in [7, 11) is 3.15. The van der Waals surface area contributed by atoms with Crippen molar-refractivity contribution in [3.05, 3.63) is 36.5 Å².